The maximum Gasteiger partial charge on any atom is 0.258 e. The lowest BCUT2D eigenvalue weighted by Crippen LogP contribution is -2.40. The van der Waals surface area contributed by atoms with Gasteiger partial charge in [-0.1, -0.05) is 47.6 Å². The fourth-order valence-electron chi connectivity index (χ4n) is 4.85. The monoisotopic (exact) mass is 512 g/mol. The van der Waals surface area contributed by atoms with Gasteiger partial charge in [0.05, 0.1) is 17.3 Å². The van der Waals surface area contributed by atoms with Crippen molar-refractivity contribution >= 4 is 17.4 Å². The number of hydrogen-bond acceptors (Lipinski definition) is 4. The highest BCUT2D eigenvalue weighted by molar-refractivity contribution is 5.99. The van der Waals surface area contributed by atoms with Crippen LogP contribution in [0.5, 0.6) is 0 Å². The summed E-state index contributed by atoms with van der Waals surface area (Å²) >= 11 is 0. The van der Waals surface area contributed by atoms with Gasteiger partial charge in [-0.05, 0) is 62.8 Å². The Balaban J connectivity index is 0.000000521. The van der Waals surface area contributed by atoms with Gasteiger partial charge in [0.25, 0.3) is 5.91 Å². The van der Waals surface area contributed by atoms with E-state index in [4.69, 9.17) is 5.73 Å². The van der Waals surface area contributed by atoms with E-state index in [0.717, 1.165) is 38.5 Å². The molecule has 204 valence electrons. The molecule has 3 heterocycles. The molecule has 0 saturated heterocycles. The Bertz CT molecular complexity index is 1100. The predicted molar refractivity (Wildman–Crippen MR) is 149 cm³/mol. The van der Waals surface area contributed by atoms with Crippen LogP contribution in [0.25, 0.3) is 0 Å². The maximum absolute atomic E-state index is 14.2. The number of aromatic amines is 1. The molecule has 2 aromatic heterocycles. The highest BCUT2D eigenvalue weighted by atomic mass is 19.1. The van der Waals surface area contributed by atoms with Crippen molar-refractivity contribution in [3.05, 3.63) is 58.7 Å². The largest absolute Gasteiger partial charge is 0.398 e. The summed E-state index contributed by atoms with van der Waals surface area (Å²) in [4.78, 5) is 33.7. The molecule has 1 aliphatic heterocycles. The number of carbonyl (C=O) groups is 2. The van der Waals surface area contributed by atoms with Gasteiger partial charge < -0.3 is 15.6 Å². The second kappa shape index (κ2) is 13.0. The fourth-order valence-corrected chi connectivity index (χ4v) is 4.85. The Labute approximate surface area is 221 Å². The first-order valence-electron chi connectivity index (χ1n) is 13.6. The Morgan fingerprint density at radius 2 is 2.00 bits per heavy atom. The summed E-state index contributed by atoms with van der Waals surface area (Å²) in [5, 5.41) is 0. The van der Waals surface area contributed by atoms with Crippen LogP contribution < -0.4 is 5.73 Å². The number of nitrogens with zero attached hydrogens (tertiary/aromatic N) is 2. The molecular formula is C30H45FN4O2. The Hall–Kier alpha value is -2.96. The van der Waals surface area contributed by atoms with E-state index in [-0.39, 0.29) is 35.0 Å². The molecule has 37 heavy (non-hydrogen) atoms. The van der Waals surface area contributed by atoms with Gasteiger partial charge in [-0.3, -0.25) is 14.6 Å². The van der Waals surface area contributed by atoms with Crippen LogP contribution in [0.15, 0.2) is 24.9 Å². The van der Waals surface area contributed by atoms with Crippen LogP contribution in [0.4, 0.5) is 10.1 Å². The molecule has 6 nitrogen and oxygen atoms in total. The first kappa shape index (κ1) is 30.3. The summed E-state index contributed by atoms with van der Waals surface area (Å²) < 4.78 is 14.2. The Morgan fingerprint density at radius 1 is 1.32 bits per heavy atom. The van der Waals surface area contributed by atoms with Crippen molar-refractivity contribution < 1.29 is 14.0 Å². The van der Waals surface area contributed by atoms with Gasteiger partial charge in [-0.25, -0.2) is 4.39 Å². The minimum atomic E-state index is -1.60. The molecule has 0 aliphatic carbocycles. The van der Waals surface area contributed by atoms with Crippen LogP contribution in [-0.4, -0.2) is 33.1 Å². The average Bonchev–Trinajstić information content (AvgIpc) is 3.24. The number of aryl methyl sites for hydroxylation is 1. The van der Waals surface area contributed by atoms with E-state index in [1.165, 1.54) is 54.7 Å². The summed E-state index contributed by atoms with van der Waals surface area (Å²) in [5.41, 5.74) is 10.6. The molecule has 1 aliphatic rings. The molecule has 3 rings (SSSR count). The van der Waals surface area contributed by atoms with Crippen LogP contribution in [0.1, 0.15) is 112 Å². The van der Waals surface area contributed by atoms with Crippen LogP contribution >= 0.6 is 0 Å². The number of hydrogen-bond donors (Lipinski definition) is 2. The summed E-state index contributed by atoms with van der Waals surface area (Å²) in [6.45, 7) is 17.2. The summed E-state index contributed by atoms with van der Waals surface area (Å²) in [5.74, 6) is 0.178. The molecule has 0 fully saturated rings. The molecule has 0 aromatic carbocycles. The number of fused-ring (bicyclic) bond motifs is 1. The van der Waals surface area contributed by atoms with Crippen molar-refractivity contribution in [1.82, 2.24) is 14.9 Å². The smallest absolute Gasteiger partial charge is 0.258 e. The van der Waals surface area contributed by atoms with Gasteiger partial charge in [0.1, 0.15) is 5.67 Å². The Morgan fingerprint density at radius 3 is 2.46 bits per heavy atom. The first-order chi connectivity index (χ1) is 17.4. The predicted octanol–water partition coefficient (Wildman–Crippen LogP) is 6.65. The lowest BCUT2D eigenvalue weighted by Gasteiger charge is -2.36. The number of aromatic nitrogens is 2. The molecule has 0 saturated carbocycles. The third-order valence-electron chi connectivity index (χ3n) is 7.20. The fraction of sp³-hybridized carbons (Fsp3) is 0.567. The number of nitrogen functional groups attached to an aromatic ring is 1. The summed E-state index contributed by atoms with van der Waals surface area (Å²) in [7, 11) is 0. The van der Waals surface area contributed by atoms with Crippen LogP contribution in [-0.2, 0) is 29.7 Å². The number of nitrogens with one attached hydrogen (secondary N) is 1. The molecule has 0 radical (unpaired) electrons. The van der Waals surface area contributed by atoms with Crippen molar-refractivity contribution in [2.24, 2.45) is 5.92 Å². The topological polar surface area (TPSA) is 92.1 Å². The number of H-pyrrole nitrogens is 1. The normalized spacial score (nSPS) is 15.9. The highest BCUT2D eigenvalue weighted by Gasteiger charge is 2.35. The SMILES string of the molecule is C=CC(=O)C(C)CC.CCCc1c(CC)[nH]c2c1C(CC)N(C(=O)c1cnc(C(C)(C)F)cc1N)CC2. The number of ketones is 1. The summed E-state index contributed by atoms with van der Waals surface area (Å²) in [6, 6.07) is 1.50. The molecule has 2 unspecified atom stereocenters. The second-order valence-electron chi connectivity index (χ2n) is 10.3. The zero-order valence-electron chi connectivity index (χ0n) is 23.7. The quantitative estimate of drug-likeness (QED) is 0.368. The van der Waals surface area contributed by atoms with Crippen LogP contribution in [0.3, 0.4) is 0 Å². The van der Waals surface area contributed by atoms with E-state index in [9.17, 15) is 14.0 Å². The number of carbonyl (C=O) groups excluding carboxylic acids is 2. The number of rotatable bonds is 9. The Kier molecular flexibility index (Phi) is 10.6. The molecule has 7 heteroatoms. The number of pyridine rings is 1. The molecular weight excluding hydrogens is 467 g/mol. The minimum Gasteiger partial charge on any atom is -0.398 e. The van der Waals surface area contributed by atoms with Crippen molar-refractivity contribution in [1.29, 1.82) is 0 Å². The van der Waals surface area contributed by atoms with E-state index in [1.807, 2.05) is 18.7 Å². The van der Waals surface area contributed by atoms with E-state index >= 15 is 0 Å². The van der Waals surface area contributed by atoms with Gasteiger partial charge in [0, 0.05) is 42.2 Å². The molecule has 3 N–H and O–H groups in total. The van der Waals surface area contributed by atoms with Gasteiger partial charge >= 0.3 is 0 Å². The minimum absolute atomic E-state index is 0.0149. The number of halogens is 1. The van der Waals surface area contributed by atoms with Crippen molar-refractivity contribution in [2.75, 3.05) is 12.3 Å². The van der Waals surface area contributed by atoms with E-state index in [0.29, 0.717) is 12.1 Å². The van der Waals surface area contributed by atoms with Gasteiger partial charge in [0.15, 0.2) is 5.78 Å². The van der Waals surface area contributed by atoms with Crippen molar-refractivity contribution in [3.8, 4) is 0 Å². The molecule has 2 atom stereocenters. The number of anilines is 1. The first-order valence-corrected chi connectivity index (χ1v) is 13.6. The van der Waals surface area contributed by atoms with Gasteiger partial charge in [-0.2, -0.15) is 0 Å². The van der Waals surface area contributed by atoms with Crippen LogP contribution in [0, 0.1) is 5.92 Å². The molecule has 2 aromatic rings. The number of allylic oxidation sites excluding steroid dienone is 1. The number of alkyl halides is 1. The number of nitrogens with two attached hydrogens (primary N) is 1. The average molecular weight is 513 g/mol. The number of amides is 1. The van der Waals surface area contributed by atoms with Gasteiger partial charge in [0.2, 0.25) is 0 Å². The van der Waals surface area contributed by atoms with Crippen molar-refractivity contribution in [3.63, 3.8) is 0 Å². The maximum atomic E-state index is 14.2. The van der Waals surface area contributed by atoms with E-state index < -0.39 is 5.67 Å². The lowest BCUT2D eigenvalue weighted by molar-refractivity contribution is -0.117. The zero-order valence-corrected chi connectivity index (χ0v) is 23.7. The molecule has 1 amide bonds. The highest BCUT2D eigenvalue weighted by Crippen LogP contribution is 2.38. The zero-order chi connectivity index (χ0) is 27.9. The van der Waals surface area contributed by atoms with Gasteiger partial charge in [-0.15, -0.1) is 0 Å². The second-order valence-corrected chi connectivity index (χ2v) is 10.3. The van der Waals surface area contributed by atoms with Crippen molar-refractivity contribution in [2.45, 2.75) is 98.7 Å². The van der Waals surface area contributed by atoms with E-state index in [1.54, 1.807) is 0 Å². The summed E-state index contributed by atoms with van der Waals surface area (Å²) in [6.07, 6.45) is 8.40. The molecule has 0 bridgehead atoms. The lowest BCUT2D eigenvalue weighted by atomic mass is 9.90. The van der Waals surface area contributed by atoms with E-state index in [2.05, 4.69) is 37.3 Å². The molecule has 0 spiro atoms. The van der Waals surface area contributed by atoms with Crippen LogP contribution in [0.2, 0.25) is 0 Å². The third kappa shape index (κ3) is 6.88. The third-order valence-corrected chi connectivity index (χ3v) is 7.20. The standard InChI is InChI=1S/C23H33FN4O.C7H12O/c1-6-9-14-17(7-2)27-18-10-11-28(19(8-3)21(14)18)22(29)15-13-26-20(12-16(15)25)23(4,5)24;1-4-6(3)7(8)5-2/h12-13,19,27H,6-11H2,1-5H3,(H2,25,26);5-6H,2,4H2,1,3H3.